The Morgan fingerprint density at radius 3 is 1.91 bits per heavy atom. The van der Waals surface area contributed by atoms with Gasteiger partial charge in [0.05, 0.1) is 6.42 Å². The summed E-state index contributed by atoms with van der Waals surface area (Å²) in [7, 11) is 0. The third kappa shape index (κ3) is 17.7. The second kappa shape index (κ2) is 8.66. The molecule has 0 unspecified atom stereocenters. The Morgan fingerprint density at radius 2 is 1.64 bits per heavy atom. The fourth-order valence-corrected chi connectivity index (χ4v) is 0.226. The maximum atomic E-state index is 9.71. The predicted molar refractivity (Wildman–Crippen MR) is 36.3 cm³/mol. The van der Waals surface area contributed by atoms with Crippen LogP contribution in [0.2, 0.25) is 0 Å². The third-order valence-corrected chi connectivity index (χ3v) is 0.541. The number of carboxylic acid groups (broad SMARTS) is 2. The van der Waals surface area contributed by atoms with Crippen LogP contribution in [0.3, 0.4) is 0 Å². The maximum Gasteiger partial charge on any atom is 0.505 e. The SMILES string of the molecule is N.N.O=C(O)CCOC(=O)O. The lowest BCUT2D eigenvalue weighted by Crippen LogP contribution is -2.06. The molecular formula is C4H12N2O5. The van der Waals surface area contributed by atoms with Crippen LogP contribution in [0.15, 0.2) is 0 Å². The Labute approximate surface area is 63.1 Å². The molecule has 0 saturated carbocycles. The van der Waals surface area contributed by atoms with Gasteiger partial charge in [-0.3, -0.25) is 4.79 Å². The van der Waals surface area contributed by atoms with E-state index in [1.54, 1.807) is 0 Å². The van der Waals surface area contributed by atoms with Crippen LogP contribution in [0.4, 0.5) is 4.79 Å². The highest BCUT2D eigenvalue weighted by Crippen LogP contribution is 1.81. The first-order chi connectivity index (χ1) is 4.13. The molecule has 8 N–H and O–H groups in total. The number of hydrogen-bond acceptors (Lipinski definition) is 5. The number of rotatable bonds is 3. The van der Waals surface area contributed by atoms with Crippen LogP contribution in [0.25, 0.3) is 0 Å². The highest BCUT2D eigenvalue weighted by Gasteiger charge is 1.99. The topological polar surface area (TPSA) is 154 Å². The minimum Gasteiger partial charge on any atom is -0.481 e. The van der Waals surface area contributed by atoms with E-state index in [1.165, 1.54) is 0 Å². The Hall–Kier alpha value is -1.34. The molecule has 0 atom stereocenters. The molecule has 0 aliphatic rings. The van der Waals surface area contributed by atoms with Crippen molar-refractivity contribution < 1.29 is 24.5 Å². The number of carbonyl (C=O) groups is 2. The molecule has 7 nitrogen and oxygen atoms in total. The van der Waals surface area contributed by atoms with Gasteiger partial charge in [-0.25, -0.2) is 4.79 Å². The summed E-state index contributed by atoms with van der Waals surface area (Å²) in [5.74, 6) is -1.07. The quantitative estimate of drug-likeness (QED) is 0.446. The van der Waals surface area contributed by atoms with Gasteiger partial charge in [0.15, 0.2) is 0 Å². The van der Waals surface area contributed by atoms with Crippen molar-refractivity contribution in [3.05, 3.63) is 0 Å². The summed E-state index contributed by atoms with van der Waals surface area (Å²) in [4.78, 5) is 19.3. The van der Waals surface area contributed by atoms with Crippen LogP contribution < -0.4 is 12.3 Å². The molecule has 0 aromatic heterocycles. The summed E-state index contributed by atoms with van der Waals surface area (Å²) in [5, 5.41) is 15.8. The summed E-state index contributed by atoms with van der Waals surface area (Å²) in [5.41, 5.74) is 0. The molecule has 0 aliphatic heterocycles. The van der Waals surface area contributed by atoms with E-state index in [2.05, 4.69) is 4.74 Å². The largest absolute Gasteiger partial charge is 0.505 e. The summed E-state index contributed by atoms with van der Waals surface area (Å²) < 4.78 is 3.89. The Kier molecular flexibility index (Phi) is 12.9. The zero-order valence-electron chi connectivity index (χ0n) is 5.95. The highest BCUT2D eigenvalue weighted by atomic mass is 16.7. The van der Waals surface area contributed by atoms with Crippen molar-refractivity contribution in [3.8, 4) is 0 Å². The lowest BCUT2D eigenvalue weighted by atomic mass is 10.5. The van der Waals surface area contributed by atoms with Crippen molar-refractivity contribution in [1.29, 1.82) is 0 Å². The van der Waals surface area contributed by atoms with E-state index in [4.69, 9.17) is 10.2 Å². The van der Waals surface area contributed by atoms with Crippen LogP contribution >= 0.6 is 0 Å². The van der Waals surface area contributed by atoms with E-state index in [0.29, 0.717) is 0 Å². The fraction of sp³-hybridized carbons (Fsp3) is 0.500. The van der Waals surface area contributed by atoms with Gasteiger partial charge in [0.25, 0.3) is 0 Å². The number of hydrogen-bond donors (Lipinski definition) is 4. The van der Waals surface area contributed by atoms with E-state index in [1.807, 2.05) is 0 Å². The smallest absolute Gasteiger partial charge is 0.481 e. The first-order valence-electron chi connectivity index (χ1n) is 2.20. The van der Waals surface area contributed by atoms with E-state index < -0.39 is 12.1 Å². The summed E-state index contributed by atoms with van der Waals surface area (Å²) in [6.07, 6.45) is -1.73. The minimum atomic E-state index is -1.45. The Balaban J connectivity index is -0.000000320. The van der Waals surface area contributed by atoms with E-state index in [0.717, 1.165) is 0 Å². The molecule has 0 aliphatic carbocycles. The second-order valence-corrected chi connectivity index (χ2v) is 1.26. The predicted octanol–water partition coefficient (Wildman–Crippen LogP) is 0.480. The molecule has 0 aromatic carbocycles. The molecule has 0 spiro atoms. The van der Waals surface area contributed by atoms with Gasteiger partial charge in [-0.1, -0.05) is 0 Å². The third-order valence-electron chi connectivity index (χ3n) is 0.541. The number of carboxylic acids is 1. The normalized spacial score (nSPS) is 6.91. The van der Waals surface area contributed by atoms with Crippen molar-refractivity contribution in [1.82, 2.24) is 12.3 Å². The average Bonchev–Trinajstić information content (AvgIpc) is 1.63. The van der Waals surface area contributed by atoms with Crippen molar-refractivity contribution in [2.75, 3.05) is 6.61 Å². The van der Waals surface area contributed by atoms with E-state index >= 15 is 0 Å². The zero-order chi connectivity index (χ0) is 7.28. The van der Waals surface area contributed by atoms with Crippen molar-refractivity contribution in [2.24, 2.45) is 0 Å². The summed E-state index contributed by atoms with van der Waals surface area (Å²) in [6.45, 7) is -0.287. The molecule has 0 amide bonds. The molecule has 0 aromatic rings. The summed E-state index contributed by atoms with van der Waals surface area (Å²) >= 11 is 0. The van der Waals surface area contributed by atoms with Gasteiger partial charge in [-0.05, 0) is 0 Å². The molecule has 11 heavy (non-hydrogen) atoms. The molecule has 0 heterocycles. The van der Waals surface area contributed by atoms with Crippen LogP contribution in [0.1, 0.15) is 6.42 Å². The van der Waals surface area contributed by atoms with E-state index in [-0.39, 0.29) is 25.3 Å². The molecule has 0 bridgehead atoms. The zero-order valence-corrected chi connectivity index (χ0v) is 5.95. The average molecular weight is 168 g/mol. The summed E-state index contributed by atoms with van der Waals surface area (Å²) in [6, 6.07) is 0. The lowest BCUT2D eigenvalue weighted by Gasteiger charge is -1.93. The van der Waals surface area contributed by atoms with Crippen molar-refractivity contribution in [2.45, 2.75) is 6.42 Å². The molecular weight excluding hydrogens is 156 g/mol. The van der Waals surface area contributed by atoms with E-state index in [9.17, 15) is 9.59 Å². The standard InChI is InChI=1S/C4H6O5.2H3N/c5-3(6)1-2-9-4(7)8;;/h1-2H2,(H,5,6)(H,7,8);2*1H3. The molecule has 0 radical (unpaired) electrons. The number of ether oxygens (including phenoxy) is 1. The first kappa shape index (κ1) is 16.3. The van der Waals surface area contributed by atoms with Crippen LogP contribution in [0, 0.1) is 0 Å². The second-order valence-electron chi connectivity index (χ2n) is 1.26. The van der Waals surface area contributed by atoms with Gasteiger partial charge in [0, 0.05) is 0 Å². The van der Waals surface area contributed by atoms with Gasteiger partial charge in [0.2, 0.25) is 0 Å². The maximum absolute atomic E-state index is 9.71. The van der Waals surface area contributed by atoms with Crippen molar-refractivity contribution in [3.63, 3.8) is 0 Å². The Morgan fingerprint density at radius 1 is 1.18 bits per heavy atom. The van der Waals surface area contributed by atoms with Crippen molar-refractivity contribution >= 4 is 12.1 Å². The van der Waals surface area contributed by atoms with Gasteiger partial charge in [-0.2, -0.15) is 0 Å². The monoisotopic (exact) mass is 168 g/mol. The highest BCUT2D eigenvalue weighted by molar-refractivity contribution is 5.67. The molecule has 68 valence electrons. The van der Waals surface area contributed by atoms with Crippen LogP contribution in [-0.4, -0.2) is 28.9 Å². The van der Waals surface area contributed by atoms with Crippen LogP contribution in [0.5, 0.6) is 0 Å². The van der Waals surface area contributed by atoms with Crippen LogP contribution in [-0.2, 0) is 9.53 Å². The van der Waals surface area contributed by atoms with Gasteiger partial charge < -0.3 is 27.3 Å². The fourth-order valence-electron chi connectivity index (χ4n) is 0.226. The first-order valence-corrected chi connectivity index (χ1v) is 2.20. The minimum absolute atomic E-state index is 0. The molecule has 0 saturated heterocycles. The Bertz CT molecular complexity index is 112. The number of aliphatic carboxylic acids is 1. The van der Waals surface area contributed by atoms with Gasteiger partial charge in [0.1, 0.15) is 6.61 Å². The molecule has 7 heteroatoms. The molecule has 0 rings (SSSR count). The van der Waals surface area contributed by atoms with Gasteiger partial charge in [-0.15, -0.1) is 0 Å². The lowest BCUT2D eigenvalue weighted by molar-refractivity contribution is -0.137. The van der Waals surface area contributed by atoms with Gasteiger partial charge >= 0.3 is 12.1 Å². The molecule has 0 fully saturated rings.